The smallest absolute Gasteiger partial charge is 0.225 e. The summed E-state index contributed by atoms with van der Waals surface area (Å²) in [4.78, 5) is 38.8. The lowest BCUT2D eigenvalue weighted by molar-refractivity contribution is -0.138. The van der Waals surface area contributed by atoms with Crippen molar-refractivity contribution in [2.75, 3.05) is 39.0 Å². The Morgan fingerprint density at radius 2 is 1.81 bits per heavy atom. The van der Waals surface area contributed by atoms with Gasteiger partial charge in [-0.05, 0) is 71.1 Å². The van der Waals surface area contributed by atoms with Crippen LogP contribution in [0.2, 0.25) is 0 Å². The average Bonchev–Trinajstić information content (AvgIpc) is 3.38. The van der Waals surface area contributed by atoms with E-state index in [1.165, 1.54) is 5.71 Å². The topological polar surface area (TPSA) is 118 Å². The minimum absolute atomic E-state index is 0.131. The molecule has 1 amide bonds. The number of carbonyl (C=O) groups excluding carboxylic acids is 1. The standard InChI is InChI=1S/C23H30N8O.C5H11N.C5H6/c1-16-28-20-3-2-8-25-21(20)31(16)19-6-4-18(5-7-19)22(32)30-11-9-29(10-12-30)15-17-13-26-23(24)27-14-17;1-4-5(2)6-3;1-3-5-4-2/h2-3,8,13-14,18-19H,4-7,9-12,15H2,1H3,(H2,24,26,27);4H2,1-3H3;3H,1H2,2H3. The molecule has 10 heteroatoms. The van der Waals surface area contributed by atoms with Crippen molar-refractivity contribution in [1.29, 1.82) is 0 Å². The van der Waals surface area contributed by atoms with Crippen molar-refractivity contribution in [3.8, 4) is 11.8 Å². The van der Waals surface area contributed by atoms with Gasteiger partial charge in [0.15, 0.2) is 5.65 Å². The van der Waals surface area contributed by atoms with Crippen LogP contribution in [0.1, 0.15) is 70.3 Å². The number of allylic oxidation sites excluding steroid dienone is 1. The number of nitrogens with two attached hydrogens (primary N) is 1. The second-order valence-corrected chi connectivity index (χ2v) is 10.8. The summed E-state index contributed by atoms with van der Waals surface area (Å²) in [5, 5.41) is 0. The van der Waals surface area contributed by atoms with E-state index in [9.17, 15) is 4.79 Å². The molecule has 1 saturated carbocycles. The minimum atomic E-state index is 0.131. The van der Waals surface area contributed by atoms with Crippen LogP contribution in [0.15, 0.2) is 48.4 Å². The van der Waals surface area contributed by atoms with E-state index < -0.39 is 0 Å². The second kappa shape index (κ2) is 17.1. The van der Waals surface area contributed by atoms with Gasteiger partial charge in [0.25, 0.3) is 0 Å². The number of aliphatic imine (C=N–C) groups is 1. The molecule has 43 heavy (non-hydrogen) atoms. The van der Waals surface area contributed by atoms with E-state index in [0.717, 1.165) is 87.4 Å². The summed E-state index contributed by atoms with van der Waals surface area (Å²) >= 11 is 0. The Hall–Kier alpha value is -4.10. The number of amides is 1. The molecule has 1 aliphatic carbocycles. The van der Waals surface area contributed by atoms with E-state index >= 15 is 0 Å². The number of carbonyl (C=O) groups is 1. The van der Waals surface area contributed by atoms with E-state index in [1.807, 2.05) is 32.3 Å². The Bertz CT molecular complexity index is 1400. The van der Waals surface area contributed by atoms with E-state index in [1.54, 1.807) is 25.4 Å². The molecule has 5 rings (SSSR count). The first-order chi connectivity index (χ1) is 20.8. The first kappa shape index (κ1) is 33.4. The molecule has 0 spiro atoms. The normalized spacial score (nSPS) is 18.8. The predicted octanol–water partition coefficient (Wildman–Crippen LogP) is 4.87. The molecule has 1 aliphatic heterocycles. The number of aryl methyl sites for hydroxylation is 1. The summed E-state index contributed by atoms with van der Waals surface area (Å²) < 4.78 is 2.27. The molecule has 4 heterocycles. The van der Waals surface area contributed by atoms with Crippen LogP contribution >= 0.6 is 0 Å². The lowest BCUT2D eigenvalue weighted by atomic mass is 9.84. The average molecular weight is 586 g/mol. The molecule has 3 aromatic heterocycles. The van der Waals surface area contributed by atoms with Gasteiger partial charge in [0, 0.05) is 81.6 Å². The van der Waals surface area contributed by atoms with Gasteiger partial charge >= 0.3 is 0 Å². The van der Waals surface area contributed by atoms with Gasteiger partial charge in [-0.3, -0.25) is 14.7 Å². The summed E-state index contributed by atoms with van der Waals surface area (Å²) in [6, 6.07) is 4.32. The molecular weight excluding hydrogens is 538 g/mol. The monoisotopic (exact) mass is 585 g/mol. The van der Waals surface area contributed by atoms with Crippen LogP contribution in [0.25, 0.3) is 11.2 Å². The van der Waals surface area contributed by atoms with Crippen molar-refractivity contribution in [2.24, 2.45) is 10.9 Å². The fourth-order valence-electron chi connectivity index (χ4n) is 5.41. The Labute approximate surface area is 256 Å². The first-order valence-corrected chi connectivity index (χ1v) is 15.1. The molecule has 2 aliphatic rings. The van der Waals surface area contributed by atoms with Gasteiger partial charge in [0.1, 0.15) is 11.3 Å². The van der Waals surface area contributed by atoms with Gasteiger partial charge in [0.05, 0.1) is 0 Å². The second-order valence-electron chi connectivity index (χ2n) is 10.8. The molecule has 0 aromatic carbocycles. The van der Waals surface area contributed by atoms with Gasteiger partial charge in [-0.2, -0.15) is 0 Å². The van der Waals surface area contributed by atoms with Crippen molar-refractivity contribution < 1.29 is 4.79 Å². The maximum Gasteiger partial charge on any atom is 0.225 e. The number of imidazole rings is 1. The highest BCUT2D eigenvalue weighted by molar-refractivity contribution is 5.81. The van der Waals surface area contributed by atoms with Crippen molar-refractivity contribution in [3.63, 3.8) is 0 Å². The van der Waals surface area contributed by atoms with Crippen molar-refractivity contribution in [3.05, 3.63) is 54.8 Å². The third-order valence-electron chi connectivity index (χ3n) is 7.99. The van der Waals surface area contributed by atoms with Crippen LogP contribution in [0.3, 0.4) is 0 Å². The van der Waals surface area contributed by atoms with Crippen molar-refractivity contribution in [1.82, 2.24) is 34.3 Å². The number of rotatable bonds is 5. The summed E-state index contributed by atoms with van der Waals surface area (Å²) in [7, 11) is 1.82. The van der Waals surface area contributed by atoms with Crippen LogP contribution in [-0.4, -0.2) is 79.1 Å². The van der Waals surface area contributed by atoms with Gasteiger partial charge in [0.2, 0.25) is 11.9 Å². The van der Waals surface area contributed by atoms with Crippen LogP contribution < -0.4 is 5.73 Å². The van der Waals surface area contributed by atoms with E-state index in [2.05, 4.69) is 71.6 Å². The zero-order valence-electron chi connectivity index (χ0n) is 26.5. The zero-order chi connectivity index (χ0) is 31.2. The third-order valence-corrected chi connectivity index (χ3v) is 7.99. The maximum atomic E-state index is 13.2. The summed E-state index contributed by atoms with van der Waals surface area (Å²) in [6.45, 7) is 15.4. The minimum Gasteiger partial charge on any atom is -0.368 e. The fraction of sp³-hybridized carbons (Fsp3) is 0.515. The van der Waals surface area contributed by atoms with Crippen LogP contribution in [0.5, 0.6) is 0 Å². The quantitative estimate of drug-likeness (QED) is 0.335. The number of piperazine rings is 1. The van der Waals surface area contributed by atoms with Crippen molar-refractivity contribution in [2.45, 2.75) is 72.4 Å². The number of pyridine rings is 1. The fourth-order valence-corrected chi connectivity index (χ4v) is 5.41. The third kappa shape index (κ3) is 9.72. The molecule has 0 atom stereocenters. The Balaban J connectivity index is 0.000000395. The Kier molecular flexibility index (Phi) is 13.3. The van der Waals surface area contributed by atoms with Gasteiger partial charge < -0.3 is 15.2 Å². The molecule has 230 valence electrons. The summed E-state index contributed by atoms with van der Waals surface area (Å²) in [5.41, 5.74) is 9.74. The highest BCUT2D eigenvalue weighted by Gasteiger charge is 2.32. The van der Waals surface area contributed by atoms with Crippen LogP contribution in [-0.2, 0) is 11.3 Å². The molecule has 3 aromatic rings. The first-order valence-electron chi connectivity index (χ1n) is 15.1. The van der Waals surface area contributed by atoms with E-state index in [-0.39, 0.29) is 5.92 Å². The molecule has 10 nitrogen and oxygen atoms in total. The Morgan fingerprint density at radius 3 is 2.35 bits per heavy atom. The van der Waals surface area contributed by atoms with Gasteiger partial charge in [-0.1, -0.05) is 19.4 Å². The number of nitrogens with zero attached hydrogens (tertiary/aromatic N) is 8. The lowest BCUT2D eigenvalue weighted by Gasteiger charge is -2.38. The van der Waals surface area contributed by atoms with Gasteiger partial charge in [-0.15, -0.1) is 5.92 Å². The molecule has 1 saturated heterocycles. The SMILES string of the molecule is C=CC#CC.CCC(C)=NC.Cc1nc2cccnc2n1C1CCC(C(=O)N2CCN(Cc3cnc(N)nc3)CC2)CC1. The maximum absolute atomic E-state index is 13.2. The number of hydrogen-bond acceptors (Lipinski definition) is 8. The van der Waals surface area contributed by atoms with Gasteiger partial charge in [-0.25, -0.2) is 19.9 Å². The largest absolute Gasteiger partial charge is 0.368 e. The molecule has 0 bridgehead atoms. The molecular formula is C33H47N9O. The molecule has 2 N–H and O–H groups in total. The number of nitrogen functional groups attached to an aromatic ring is 1. The molecule has 0 unspecified atom stereocenters. The van der Waals surface area contributed by atoms with E-state index in [4.69, 9.17) is 5.73 Å². The summed E-state index contributed by atoms with van der Waals surface area (Å²) in [6.07, 6.45) is 11.9. The zero-order valence-corrected chi connectivity index (χ0v) is 26.5. The number of anilines is 1. The van der Waals surface area contributed by atoms with Crippen molar-refractivity contribution >= 4 is 28.7 Å². The molecule has 2 fully saturated rings. The Morgan fingerprint density at radius 1 is 1.14 bits per heavy atom. The number of aromatic nitrogens is 5. The highest BCUT2D eigenvalue weighted by atomic mass is 16.2. The molecule has 0 radical (unpaired) electrons. The summed E-state index contributed by atoms with van der Waals surface area (Å²) in [5.74, 6) is 7.04. The lowest BCUT2D eigenvalue weighted by Crippen LogP contribution is -2.50. The number of fused-ring (bicyclic) bond motifs is 1. The number of hydrogen-bond donors (Lipinski definition) is 1. The highest BCUT2D eigenvalue weighted by Crippen LogP contribution is 2.35. The van der Waals surface area contributed by atoms with Crippen LogP contribution in [0, 0.1) is 24.7 Å². The van der Waals surface area contributed by atoms with E-state index in [0.29, 0.717) is 17.9 Å². The predicted molar refractivity (Wildman–Crippen MR) is 175 cm³/mol. The van der Waals surface area contributed by atoms with Crippen LogP contribution in [0.4, 0.5) is 5.95 Å².